The average Bonchev–Trinajstić information content (AvgIpc) is 3.11. The number of aromatic nitrogens is 4. The third-order valence-electron chi connectivity index (χ3n) is 3.71. The fourth-order valence-corrected chi connectivity index (χ4v) is 3.93. The van der Waals surface area contributed by atoms with Crippen LogP contribution in [-0.2, 0) is 9.84 Å². The van der Waals surface area contributed by atoms with Crippen LogP contribution in [-0.4, -0.2) is 28.0 Å². The lowest BCUT2D eigenvalue weighted by Crippen LogP contribution is -2.03. The van der Waals surface area contributed by atoms with Crippen molar-refractivity contribution < 1.29 is 8.42 Å². The lowest BCUT2D eigenvalue weighted by Gasteiger charge is -2.09. The summed E-state index contributed by atoms with van der Waals surface area (Å²) in [7, 11) is -3.55. The van der Waals surface area contributed by atoms with E-state index in [-0.39, 0.29) is 14.9 Å². The van der Waals surface area contributed by atoms with Gasteiger partial charge in [0.1, 0.15) is 17.3 Å². The van der Waals surface area contributed by atoms with Crippen LogP contribution in [0.2, 0.25) is 5.15 Å². The summed E-state index contributed by atoms with van der Waals surface area (Å²) in [6.45, 7) is 0. The van der Waals surface area contributed by atoms with Gasteiger partial charge < -0.3 is 5.32 Å². The fraction of sp³-hybridized carbons (Fsp3) is 0. The molecule has 0 aliphatic rings. The molecule has 0 atom stereocenters. The fourth-order valence-electron chi connectivity index (χ4n) is 2.47. The topological polar surface area (TPSA) is 89.2 Å². The zero-order valence-electron chi connectivity index (χ0n) is 13.2. The second kappa shape index (κ2) is 6.40. The van der Waals surface area contributed by atoms with Crippen molar-refractivity contribution in [1.29, 1.82) is 0 Å². The number of sulfone groups is 1. The largest absolute Gasteiger partial charge is 0.340 e. The molecule has 0 bridgehead atoms. The van der Waals surface area contributed by atoms with Gasteiger partial charge in [-0.3, -0.25) is 0 Å². The molecule has 0 aliphatic carbocycles. The van der Waals surface area contributed by atoms with Gasteiger partial charge in [-0.05, 0) is 36.4 Å². The highest BCUT2D eigenvalue weighted by atomic mass is 35.5. The second-order valence-electron chi connectivity index (χ2n) is 5.40. The van der Waals surface area contributed by atoms with E-state index in [9.17, 15) is 8.42 Å². The third-order valence-corrected chi connectivity index (χ3v) is 5.69. The Morgan fingerprint density at radius 1 is 0.962 bits per heavy atom. The molecule has 0 saturated heterocycles. The maximum atomic E-state index is 12.6. The van der Waals surface area contributed by atoms with Crippen LogP contribution in [0.25, 0.3) is 5.78 Å². The molecule has 0 spiro atoms. The lowest BCUT2D eigenvalue weighted by molar-refractivity contribution is 0.596. The van der Waals surface area contributed by atoms with Gasteiger partial charge in [-0.2, -0.15) is 19.6 Å². The van der Waals surface area contributed by atoms with Crippen molar-refractivity contribution in [1.82, 2.24) is 19.6 Å². The molecule has 9 heteroatoms. The van der Waals surface area contributed by atoms with Gasteiger partial charge in [0.05, 0.1) is 9.79 Å². The summed E-state index contributed by atoms with van der Waals surface area (Å²) < 4.78 is 26.7. The van der Waals surface area contributed by atoms with E-state index in [1.807, 2.05) is 0 Å². The highest BCUT2D eigenvalue weighted by Crippen LogP contribution is 2.24. The normalized spacial score (nSPS) is 11.6. The van der Waals surface area contributed by atoms with Gasteiger partial charge in [0.15, 0.2) is 0 Å². The Hall–Kier alpha value is -2.97. The van der Waals surface area contributed by atoms with Crippen LogP contribution < -0.4 is 5.32 Å². The number of nitrogens with one attached hydrogen (secondary N) is 1. The first kappa shape index (κ1) is 16.5. The molecule has 130 valence electrons. The summed E-state index contributed by atoms with van der Waals surface area (Å²) in [4.78, 5) is 8.52. The molecule has 2 aromatic heterocycles. The summed E-state index contributed by atoms with van der Waals surface area (Å²) in [5.74, 6) is 0.930. The van der Waals surface area contributed by atoms with Crippen molar-refractivity contribution in [2.24, 2.45) is 0 Å². The van der Waals surface area contributed by atoms with E-state index in [2.05, 4.69) is 20.4 Å². The van der Waals surface area contributed by atoms with E-state index >= 15 is 0 Å². The van der Waals surface area contributed by atoms with Crippen molar-refractivity contribution in [3.63, 3.8) is 0 Å². The van der Waals surface area contributed by atoms with E-state index in [0.29, 0.717) is 17.3 Å². The summed E-state index contributed by atoms with van der Waals surface area (Å²) >= 11 is 5.99. The van der Waals surface area contributed by atoms with Gasteiger partial charge in [0, 0.05) is 11.8 Å². The SMILES string of the molecule is O=S(=O)(c1ccccc1)c1ccc(Nc2cc(Cl)nc3ncnn23)cc1. The molecular formula is C17H12ClN5O2S. The minimum atomic E-state index is -3.55. The van der Waals surface area contributed by atoms with Crippen LogP contribution in [0.15, 0.2) is 76.8 Å². The van der Waals surface area contributed by atoms with Crippen LogP contribution in [0.4, 0.5) is 11.5 Å². The number of hydrogen-bond donors (Lipinski definition) is 1. The maximum Gasteiger partial charge on any atom is 0.255 e. The Bertz CT molecular complexity index is 1170. The number of rotatable bonds is 4. The monoisotopic (exact) mass is 385 g/mol. The summed E-state index contributed by atoms with van der Waals surface area (Å²) in [5, 5.41) is 7.49. The molecule has 0 unspecified atom stereocenters. The molecule has 1 N–H and O–H groups in total. The molecule has 0 fully saturated rings. The van der Waals surface area contributed by atoms with Crippen LogP contribution in [0.1, 0.15) is 0 Å². The van der Waals surface area contributed by atoms with Crippen molar-refractivity contribution in [3.05, 3.63) is 72.1 Å². The molecule has 4 aromatic rings. The first-order valence-corrected chi connectivity index (χ1v) is 9.44. The van der Waals surface area contributed by atoms with Crippen LogP contribution >= 0.6 is 11.6 Å². The molecule has 0 radical (unpaired) electrons. The van der Waals surface area contributed by atoms with Gasteiger partial charge in [-0.25, -0.2) is 8.42 Å². The van der Waals surface area contributed by atoms with E-state index in [1.54, 1.807) is 60.7 Å². The number of halogens is 1. The molecule has 2 heterocycles. The average molecular weight is 386 g/mol. The Labute approximate surface area is 154 Å². The minimum Gasteiger partial charge on any atom is -0.340 e. The Balaban J connectivity index is 1.65. The van der Waals surface area contributed by atoms with Crippen molar-refractivity contribution in [2.45, 2.75) is 9.79 Å². The van der Waals surface area contributed by atoms with Crippen molar-refractivity contribution >= 4 is 38.7 Å². The highest BCUT2D eigenvalue weighted by Gasteiger charge is 2.17. The Morgan fingerprint density at radius 2 is 1.65 bits per heavy atom. The number of hydrogen-bond acceptors (Lipinski definition) is 6. The second-order valence-corrected chi connectivity index (χ2v) is 7.74. The summed E-state index contributed by atoms with van der Waals surface area (Å²) in [6, 6.07) is 16.4. The number of benzene rings is 2. The summed E-state index contributed by atoms with van der Waals surface area (Å²) in [6.07, 6.45) is 1.37. The molecule has 7 nitrogen and oxygen atoms in total. The smallest absolute Gasteiger partial charge is 0.255 e. The highest BCUT2D eigenvalue weighted by molar-refractivity contribution is 7.91. The first-order chi connectivity index (χ1) is 12.5. The van der Waals surface area contributed by atoms with Crippen molar-refractivity contribution in [3.8, 4) is 0 Å². The van der Waals surface area contributed by atoms with E-state index in [0.717, 1.165) is 0 Å². The van der Waals surface area contributed by atoms with Gasteiger partial charge in [0.25, 0.3) is 5.78 Å². The number of fused-ring (bicyclic) bond motifs is 1. The molecule has 0 aliphatic heterocycles. The molecule has 0 amide bonds. The van der Waals surface area contributed by atoms with Gasteiger partial charge >= 0.3 is 0 Å². The summed E-state index contributed by atoms with van der Waals surface area (Å²) in [5.41, 5.74) is 0.677. The predicted molar refractivity (Wildman–Crippen MR) is 97.4 cm³/mol. The minimum absolute atomic E-state index is 0.216. The Kier molecular flexibility index (Phi) is 4.06. The van der Waals surface area contributed by atoms with Crippen molar-refractivity contribution in [2.75, 3.05) is 5.32 Å². The maximum absolute atomic E-state index is 12.6. The van der Waals surface area contributed by atoms with Crippen LogP contribution in [0.5, 0.6) is 0 Å². The van der Waals surface area contributed by atoms with E-state index < -0.39 is 9.84 Å². The molecule has 0 saturated carbocycles. The molecular weight excluding hydrogens is 374 g/mol. The quantitative estimate of drug-likeness (QED) is 0.542. The van der Waals surface area contributed by atoms with Gasteiger partial charge in [-0.15, -0.1) is 0 Å². The first-order valence-electron chi connectivity index (χ1n) is 7.57. The third kappa shape index (κ3) is 3.00. The molecule has 26 heavy (non-hydrogen) atoms. The van der Waals surface area contributed by atoms with Gasteiger partial charge in [-0.1, -0.05) is 29.8 Å². The van der Waals surface area contributed by atoms with Crippen LogP contribution in [0, 0.1) is 0 Å². The molecule has 4 rings (SSSR count). The zero-order chi connectivity index (χ0) is 18.1. The standard InChI is InChI=1S/C17H12ClN5O2S/c18-15-10-16(23-17(22-15)19-11-20-23)21-12-6-8-14(9-7-12)26(24,25)13-4-2-1-3-5-13/h1-11,21H. The molecule has 2 aromatic carbocycles. The lowest BCUT2D eigenvalue weighted by atomic mass is 10.3. The van der Waals surface area contributed by atoms with Crippen LogP contribution in [0.3, 0.4) is 0 Å². The number of nitrogens with zero attached hydrogens (tertiary/aromatic N) is 4. The Morgan fingerprint density at radius 3 is 2.38 bits per heavy atom. The van der Waals surface area contributed by atoms with Gasteiger partial charge in [0.2, 0.25) is 9.84 Å². The van der Waals surface area contributed by atoms with E-state index in [4.69, 9.17) is 11.6 Å². The number of anilines is 2. The zero-order valence-corrected chi connectivity index (χ0v) is 14.8. The predicted octanol–water partition coefficient (Wildman–Crippen LogP) is 3.35. The van der Waals surface area contributed by atoms with E-state index in [1.165, 1.54) is 10.8 Å².